The molecule has 144 valence electrons. The van der Waals surface area contributed by atoms with E-state index < -0.39 is 0 Å². The first kappa shape index (κ1) is 18.4. The molecule has 4 rings (SSSR count). The summed E-state index contributed by atoms with van der Waals surface area (Å²) in [6.07, 6.45) is 3.40. The Morgan fingerprint density at radius 3 is 2.25 bits per heavy atom. The number of carbonyl (C=O) groups excluding carboxylic acids is 1. The predicted octanol–water partition coefficient (Wildman–Crippen LogP) is 5.09. The van der Waals surface area contributed by atoms with Gasteiger partial charge in [0, 0.05) is 24.5 Å². The Morgan fingerprint density at radius 1 is 0.929 bits per heavy atom. The topological polar surface area (TPSA) is 34.5 Å². The number of hydrogen-bond acceptors (Lipinski definition) is 2. The first-order valence-corrected chi connectivity index (χ1v) is 9.90. The van der Waals surface area contributed by atoms with E-state index in [9.17, 15) is 4.79 Å². The summed E-state index contributed by atoms with van der Waals surface area (Å²) in [5, 5.41) is 0. The Balaban J connectivity index is 1.82. The van der Waals surface area contributed by atoms with E-state index >= 15 is 0 Å². The van der Waals surface area contributed by atoms with E-state index in [2.05, 4.69) is 16.7 Å². The van der Waals surface area contributed by atoms with Crippen molar-refractivity contribution in [2.24, 2.45) is 0 Å². The first-order valence-electron chi connectivity index (χ1n) is 9.90. The van der Waals surface area contributed by atoms with Gasteiger partial charge in [-0.25, -0.2) is 0 Å². The molecule has 2 aromatic carbocycles. The lowest BCUT2D eigenvalue weighted by atomic mass is 10.1. The smallest absolute Gasteiger partial charge is 0.255 e. The van der Waals surface area contributed by atoms with Crippen molar-refractivity contribution in [3.63, 3.8) is 0 Å². The van der Waals surface area contributed by atoms with Crippen molar-refractivity contribution < 1.29 is 9.53 Å². The Hall–Kier alpha value is -3.01. The maximum absolute atomic E-state index is 13.2. The molecule has 0 saturated carbocycles. The fourth-order valence-electron chi connectivity index (χ4n) is 3.98. The number of rotatable bonds is 4. The summed E-state index contributed by atoms with van der Waals surface area (Å²) in [5.41, 5.74) is 4.91. The van der Waals surface area contributed by atoms with Crippen molar-refractivity contribution in [3.8, 4) is 22.7 Å². The van der Waals surface area contributed by atoms with E-state index in [-0.39, 0.29) is 5.91 Å². The van der Waals surface area contributed by atoms with E-state index in [1.165, 1.54) is 6.42 Å². The second-order valence-corrected chi connectivity index (χ2v) is 7.28. The summed E-state index contributed by atoms with van der Waals surface area (Å²) in [4.78, 5) is 15.2. The van der Waals surface area contributed by atoms with Gasteiger partial charge in [0.25, 0.3) is 5.91 Å². The number of piperidine rings is 1. The van der Waals surface area contributed by atoms with Gasteiger partial charge in [-0.05, 0) is 62.1 Å². The van der Waals surface area contributed by atoms with E-state index in [0.29, 0.717) is 0 Å². The van der Waals surface area contributed by atoms with Gasteiger partial charge < -0.3 is 14.2 Å². The number of hydrogen-bond donors (Lipinski definition) is 0. The third-order valence-electron chi connectivity index (χ3n) is 5.52. The molecule has 1 amide bonds. The Morgan fingerprint density at radius 2 is 1.61 bits per heavy atom. The molecule has 1 saturated heterocycles. The molecule has 4 nitrogen and oxygen atoms in total. The zero-order chi connectivity index (χ0) is 19.5. The summed E-state index contributed by atoms with van der Waals surface area (Å²) >= 11 is 0. The van der Waals surface area contributed by atoms with Crippen LogP contribution < -0.4 is 4.74 Å². The second-order valence-electron chi connectivity index (χ2n) is 7.28. The highest BCUT2D eigenvalue weighted by Gasteiger charge is 2.24. The number of aromatic nitrogens is 1. The summed E-state index contributed by atoms with van der Waals surface area (Å²) < 4.78 is 7.48. The maximum Gasteiger partial charge on any atom is 0.255 e. The number of methoxy groups -OCH3 is 1. The Bertz CT molecular complexity index is 952. The Labute approximate surface area is 166 Å². The fourth-order valence-corrected chi connectivity index (χ4v) is 3.98. The normalized spacial score (nSPS) is 14.1. The number of likely N-dealkylation sites (tertiary alicyclic amines) is 1. The number of nitrogens with zero attached hydrogens (tertiary/aromatic N) is 2. The number of ether oxygens (including phenoxy) is 1. The van der Waals surface area contributed by atoms with Crippen molar-refractivity contribution in [1.29, 1.82) is 0 Å². The van der Waals surface area contributed by atoms with Gasteiger partial charge in [0.2, 0.25) is 0 Å². The van der Waals surface area contributed by atoms with Gasteiger partial charge >= 0.3 is 0 Å². The minimum absolute atomic E-state index is 0.140. The second kappa shape index (κ2) is 7.93. The molecule has 1 fully saturated rings. The zero-order valence-corrected chi connectivity index (χ0v) is 16.5. The van der Waals surface area contributed by atoms with E-state index in [4.69, 9.17) is 4.74 Å². The average Bonchev–Trinajstić information content (AvgIpc) is 3.11. The van der Waals surface area contributed by atoms with Crippen molar-refractivity contribution in [1.82, 2.24) is 9.47 Å². The van der Waals surface area contributed by atoms with Crippen LogP contribution >= 0.6 is 0 Å². The van der Waals surface area contributed by atoms with Crippen LogP contribution in [-0.2, 0) is 0 Å². The van der Waals surface area contributed by atoms with E-state index in [1.54, 1.807) is 7.11 Å². The van der Waals surface area contributed by atoms with Crippen LogP contribution in [-0.4, -0.2) is 35.6 Å². The Kier molecular flexibility index (Phi) is 5.20. The molecule has 1 aliphatic heterocycles. The fraction of sp³-hybridized carbons (Fsp3) is 0.292. The molecule has 2 heterocycles. The average molecular weight is 374 g/mol. The van der Waals surface area contributed by atoms with Crippen molar-refractivity contribution in [2.45, 2.75) is 26.2 Å². The van der Waals surface area contributed by atoms with Crippen LogP contribution in [0.15, 0.2) is 60.7 Å². The van der Waals surface area contributed by atoms with Crippen LogP contribution in [0.5, 0.6) is 5.75 Å². The molecule has 0 unspecified atom stereocenters. The van der Waals surface area contributed by atoms with Crippen LogP contribution in [0.25, 0.3) is 16.9 Å². The van der Waals surface area contributed by atoms with Gasteiger partial charge in [-0.1, -0.05) is 30.3 Å². The molecular formula is C24H26N2O2. The van der Waals surface area contributed by atoms with Crippen LogP contribution in [0.4, 0.5) is 0 Å². The lowest BCUT2D eigenvalue weighted by Crippen LogP contribution is -2.35. The predicted molar refractivity (Wildman–Crippen MR) is 112 cm³/mol. The van der Waals surface area contributed by atoms with Gasteiger partial charge in [0.1, 0.15) is 5.75 Å². The highest BCUT2D eigenvalue weighted by atomic mass is 16.5. The molecule has 0 aliphatic carbocycles. The van der Waals surface area contributed by atoms with Gasteiger partial charge in [0.05, 0.1) is 18.4 Å². The standard InChI is InChI=1S/C24H26N2O2/c1-18-22(24(27)25-15-7-4-8-16-25)17-23(19-9-5-3-6-10-19)26(18)20-11-13-21(28-2)14-12-20/h3,5-6,9-14,17H,4,7-8,15-16H2,1-2H3. The molecule has 1 aliphatic rings. The third kappa shape index (κ3) is 3.42. The largest absolute Gasteiger partial charge is 0.497 e. The summed E-state index contributed by atoms with van der Waals surface area (Å²) in [7, 11) is 1.67. The van der Waals surface area contributed by atoms with Crippen LogP contribution in [0.3, 0.4) is 0 Å². The molecule has 4 heteroatoms. The monoisotopic (exact) mass is 374 g/mol. The van der Waals surface area contributed by atoms with Crippen molar-refractivity contribution in [3.05, 3.63) is 71.9 Å². The molecular weight excluding hydrogens is 348 g/mol. The van der Waals surface area contributed by atoms with Crippen LogP contribution in [0.2, 0.25) is 0 Å². The minimum atomic E-state index is 0.140. The highest BCUT2D eigenvalue weighted by molar-refractivity contribution is 5.97. The van der Waals surface area contributed by atoms with Crippen LogP contribution in [0.1, 0.15) is 35.3 Å². The molecule has 0 bridgehead atoms. The quantitative estimate of drug-likeness (QED) is 0.638. The van der Waals surface area contributed by atoms with Gasteiger partial charge in [-0.15, -0.1) is 0 Å². The van der Waals surface area contributed by atoms with Crippen LogP contribution in [0, 0.1) is 6.92 Å². The van der Waals surface area contributed by atoms with Gasteiger partial charge in [-0.3, -0.25) is 4.79 Å². The minimum Gasteiger partial charge on any atom is -0.497 e. The molecule has 0 N–H and O–H groups in total. The molecule has 0 spiro atoms. The summed E-state index contributed by atoms with van der Waals surface area (Å²) in [5.74, 6) is 0.959. The first-order chi connectivity index (χ1) is 13.7. The van der Waals surface area contributed by atoms with E-state index in [0.717, 1.165) is 59.9 Å². The number of benzene rings is 2. The van der Waals surface area contributed by atoms with Crippen molar-refractivity contribution in [2.75, 3.05) is 20.2 Å². The molecule has 3 aromatic rings. The molecule has 1 aromatic heterocycles. The van der Waals surface area contributed by atoms with Crippen molar-refractivity contribution >= 4 is 5.91 Å². The molecule has 28 heavy (non-hydrogen) atoms. The van der Waals surface area contributed by atoms with Gasteiger partial charge in [0.15, 0.2) is 0 Å². The highest BCUT2D eigenvalue weighted by Crippen LogP contribution is 2.31. The third-order valence-corrected chi connectivity index (χ3v) is 5.52. The van der Waals surface area contributed by atoms with Gasteiger partial charge in [-0.2, -0.15) is 0 Å². The zero-order valence-electron chi connectivity index (χ0n) is 16.5. The molecule has 0 radical (unpaired) electrons. The number of carbonyl (C=O) groups is 1. The number of amides is 1. The summed E-state index contributed by atoms with van der Waals surface area (Å²) in [6, 6.07) is 20.3. The van der Waals surface area contributed by atoms with E-state index in [1.807, 2.05) is 60.4 Å². The lowest BCUT2D eigenvalue weighted by Gasteiger charge is -2.26. The summed E-state index contributed by atoms with van der Waals surface area (Å²) in [6.45, 7) is 3.74. The lowest BCUT2D eigenvalue weighted by molar-refractivity contribution is 0.0723. The molecule has 0 atom stereocenters. The SMILES string of the molecule is COc1ccc(-n2c(-c3ccccc3)cc(C(=O)N3CCCCC3)c2C)cc1. The maximum atomic E-state index is 13.2.